The highest BCUT2D eigenvalue weighted by molar-refractivity contribution is 5.50. The molecule has 21 heavy (non-hydrogen) atoms. The van der Waals surface area contributed by atoms with E-state index in [1.807, 2.05) is 0 Å². The largest absolute Gasteiger partial charge is 0.497 e. The lowest BCUT2D eigenvalue weighted by atomic mass is 10.2. The van der Waals surface area contributed by atoms with Gasteiger partial charge in [-0.3, -0.25) is 0 Å². The van der Waals surface area contributed by atoms with Crippen molar-refractivity contribution in [3.05, 3.63) is 59.4 Å². The average Bonchev–Trinajstić information content (AvgIpc) is 2.52. The maximum absolute atomic E-state index is 13.6. The minimum Gasteiger partial charge on any atom is -0.497 e. The summed E-state index contributed by atoms with van der Waals surface area (Å²) in [6.45, 7) is -0.142. The third-order valence-electron chi connectivity index (χ3n) is 2.83. The van der Waals surface area contributed by atoms with Crippen LogP contribution in [0.4, 0.5) is 4.39 Å². The Hall–Kier alpha value is -2.51. The summed E-state index contributed by atoms with van der Waals surface area (Å²) in [6.07, 6.45) is 0. The van der Waals surface area contributed by atoms with E-state index in [2.05, 4.69) is 11.8 Å². The molecule has 2 rings (SSSR count). The fourth-order valence-corrected chi connectivity index (χ4v) is 1.77. The first-order valence-electron chi connectivity index (χ1n) is 6.38. The van der Waals surface area contributed by atoms with E-state index >= 15 is 0 Å². The third kappa shape index (κ3) is 3.98. The normalized spacial score (nSPS) is 9.67. The van der Waals surface area contributed by atoms with Crippen molar-refractivity contribution in [3.8, 4) is 23.3 Å². The molecule has 0 saturated heterocycles. The highest BCUT2D eigenvalue weighted by Crippen LogP contribution is 2.24. The topological polar surface area (TPSA) is 38.7 Å². The van der Waals surface area contributed by atoms with Crippen LogP contribution in [0.5, 0.6) is 11.5 Å². The van der Waals surface area contributed by atoms with Crippen LogP contribution < -0.4 is 9.47 Å². The summed E-state index contributed by atoms with van der Waals surface area (Å²) in [5.41, 5.74) is 1.05. The molecule has 0 saturated carbocycles. The van der Waals surface area contributed by atoms with Gasteiger partial charge in [0.25, 0.3) is 0 Å². The Balaban J connectivity index is 2.21. The Kier molecular flexibility index (Phi) is 5.19. The zero-order chi connectivity index (χ0) is 15.1. The number of halogens is 1. The third-order valence-corrected chi connectivity index (χ3v) is 2.83. The van der Waals surface area contributed by atoms with Gasteiger partial charge in [0.15, 0.2) is 0 Å². The molecule has 0 aromatic heterocycles. The molecule has 0 amide bonds. The molecule has 0 spiro atoms. The second-order valence-corrected chi connectivity index (χ2v) is 4.20. The van der Waals surface area contributed by atoms with Crippen molar-refractivity contribution < 1.29 is 19.0 Å². The number of aliphatic hydroxyl groups excluding tert-OH is 1. The molecule has 2 aromatic carbocycles. The van der Waals surface area contributed by atoms with Gasteiger partial charge in [0, 0.05) is 5.56 Å². The van der Waals surface area contributed by atoms with Gasteiger partial charge >= 0.3 is 0 Å². The standard InChI is InChI=1S/C17H15FO3/c1-20-15-8-9-17(13(11-15)6-4-10-19)21-12-14-5-2-3-7-16(14)18/h2-3,5,7-9,11,19H,10,12H2,1H3. The van der Waals surface area contributed by atoms with Crippen LogP contribution in [-0.4, -0.2) is 18.8 Å². The highest BCUT2D eigenvalue weighted by Gasteiger charge is 2.06. The van der Waals surface area contributed by atoms with Gasteiger partial charge in [-0.2, -0.15) is 0 Å². The van der Waals surface area contributed by atoms with E-state index in [-0.39, 0.29) is 19.0 Å². The van der Waals surface area contributed by atoms with E-state index in [0.717, 1.165) is 0 Å². The molecule has 0 atom stereocenters. The molecule has 0 radical (unpaired) electrons. The maximum Gasteiger partial charge on any atom is 0.135 e. The van der Waals surface area contributed by atoms with E-state index in [0.29, 0.717) is 22.6 Å². The summed E-state index contributed by atoms with van der Waals surface area (Å²) in [4.78, 5) is 0. The Labute approximate surface area is 122 Å². The second-order valence-electron chi connectivity index (χ2n) is 4.20. The maximum atomic E-state index is 13.6. The van der Waals surface area contributed by atoms with Crippen molar-refractivity contribution in [3.63, 3.8) is 0 Å². The van der Waals surface area contributed by atoms with Gasteiger partial charge in [-0.05, 0) is 24.3 Å². The van der Waals surface area contributed by atoms with Crippen LogP contribution in [0.15, 0.2) is 42.5 Å². The molecular formula is C17H15FO3. The van der Waals surface area contributed by atoms with Gasteiger partial charge in [0.1, 0.15) is 30.5 Å². The first-order chi connectivity index (χ1) is 10.2. The lowest BCUT2D eigenvalue weighted by Gasteiger charge is -2.10. The van der Waals surface area contributed by atoms with Crippen LogP contribution in [0.1, 0.15) is 11.1 Å². The van der Waals surface area contributed by atoms with Gasteiger partial charge in [0.2, 0.25) is 0 Å². The van der Waals surface area contributed by atoms with Crippen molar-refractivity contribution in [2.45, 2.75) is 6.61 Å². The highest BCUT2D eigenvalue weighted by atomic mass is 19.1. The first kappa shape index (κ1) is 14.9. The van der Waals surface area contributed by atoms with Crippen molar-refractivity contribution in [2.75, 3.05) is 13.7 Å². The molecule has 2 aromatic rings. The first-order valence-corrected chi connectivity index (χ1v) is 6.38. The zero-order valence-electron chi connectivity index (χ0n) is 11.6. The Morgan fingerprint density at radius 3 is 2.71 bits per heavy atom. The molecular weight excluding hydrogens is 271 g/mol. The van der Waals surface area contributed by atoms with Crippen LogP contribution in [0.25, 0.3) is 0 Å². The van der Waals surface area contributed by atoms with Crippen LogP contribution in [0, 0.1) is 17.7 Å². The Morgan fingerprint density at radius 2 is 2.00 bits per heavy atom. The summed E-state index contributed by atoms with van der Waals surface area (Å²) >= 11 is 0. The molecule has 3 nitrogen and oxygen atoms in total. The molecule has 0 aliphatic carbocycles. The lowest BCUT2D eigenvalue weighted by molar-refractivity contribution is 0.298. The minimum absolute atomic E-state index is 0.104. The number of rotatable bonds is 4. The molecule has 1 N–H and O–H groups in total. The van der Waals surface area contributed by atoms with Crippen LogP contribution in [0.2, 0.25) is 0 Å². The van der Waals surface area contributed by atoms with Crippen molar-refractivity contribution >= 4 is 0 Å². The molecule has 0 fully saturated rings. The number of ether oxygens (including phenoxy) is 2. The molecule has 4 heteroatoms. The predicted octanol–water partition coefficient (Wildman–Crippen LogP) is 2.76. The van der Waals surface area contributed by atoms with Crippen molar-refractivity contribution in [1.82, 2.24) is 0 Å². The van der Waals surface area contributed by atoms with Gasteiger partial charge < -0.3 is 14.6 Å². The van der Waals surface area contributed by atoms with E-state index in [1.54, 1.807) is 43.5 Å². The van der Waals surface area contributed by atoms with E-state index < -0.39 is 0 Å². The van der Waals surface area contributed by atoms with E-state index in [4.69, 9.17) is 14.6 Å². The summed E-state index contributed by atoms with van der Waals surface area (Å²) in [5.74, 6) is 6.19. The van der Waals surface area contributed by atoms with Gasteiger partial charge in [-0.25, -0.2) is 4.39 Å². The van der Waals surface area contributed by atoms with Crippen LogP contribution in [-0.2, 0) is 6.61 Å². The zero-order valence-corrected chi connectivity index (χ0v) is 11.6. The van der Waals surface area contributed by atoms with Crippen LogP contribution >= 0.6 is 0 Å². The smallest absolute Gasteiger partial charge is 0.135 e. The van der Waals surface area contributed by atoms with Gasteiger partial charge in [-0.1, -0.05) is 30.0 Å². The van der Waals surface area contributed by atoms with Crippen LogP contribution in [0.3, 0.4) is 0 Å². The van der Waals surface area contributed by atoms with Crippen molar-refractivity contribution in [1.29, 1.82) is 0 Å². The number of hydrogen-bond acceptors (Lipinski definition) is 3. The fourth-order valence-electron chi connectivity index (χ4n) is 1.77. The number of aliphatic hydroxyl groups is 1. The monoisotopic (exact) mass is 286 g/mol. The van der Waals surface area contributed by atoms with E-state index in [1.165, 1.54) is 6.07 Å². The van der Waals surface area contributed by atoms with Crippen molar-refractivity contribution in [2.24, 2.45) is 0 Å². The molecule has 0 bridgehead atoms. The molecule has 108 valence electrons. The minimum atomic E-state index is -0.311. The fraction of sp³-hybridized carbons (Fsp3) is 0.176. The molecule has 0 aliphatic heterocycles. The number of hydrogen-bond donors (Lipinski definition) is 1. The summed E-state index contributed by atoms with van der Waals surface area (Å²) in [5, 5.41) is 8.79. The van der Waals surface area contributed by atoms with Gasteiger partial charge in [-0.15, -0.1) is 0 Å². The Bertz CT molecular complexity index is 671. The molecule has 0 aliphatic rings. The average molecular weight is 286 g/mol. The number of benzene rings is 2. The quantitative estimate of drug-likeness (QED) is 0.878. The molecule has 0 unspecified atom stereocenters. The molecule has 0 heterocycles. The van der Waals surface area contributed by atoms with E-state index in [9.17, 15) is 4.39 Å². The summed E-state index contributed by atoms with van der Waals surface area (Å²) in [7, 11) is 1.55. The Morgan fingerprint density at radius 1 is 1.19 bits per heavy atom. The predicted molar refractivity (Wildman–Crippen MR) is 77.7 cm³/mol. The summed E-state index contributed by atoms with van der Waals surface area (Å²) in [6, 6.07) is 11.6. The SMILES string of the molecule is COc1ccc(OCc2ccccc2F)c(C#CCO)c1. The lowest BCUT2D eigenvalue weighted by Crippen LogP contribution is -2.00. The summed E-state index contributed by atoms with van der Waals surface area (Å²) < 4.78 is 24.3. The number of methoxy groups -OCH3 is 1. The van der Waals surface area contributed by atoms with Gasteiger partial charge in [0.05, 0.1) is 12.7 Å². The second kappa shape index (κ2) is 7.32.